The first-order valence-corrected chi connectivity index (χ1v) is 5.29. The minimum atomic E-state index is -4.63. The van der Waals surface area contributed by atoms with Crippen molar-refractivity contribution in [3.63, 3.8) is 0 Å². The molecule has 8 heteroatoms. The molecule has 0 aliphatic heterocycles. The topological polar surface area (TPSA) is 75.7 Å². The van der Waals surface area contributed by atoms with Crippen LogP contribution in [0.15, 0.2) is 24.3 Å². The summed E-state index contributed by atoms with van der Waals surface area (Å²) in [4.78, 5) is 0. The molecule has 0 aliphatic rings. The van der Waals surface area contributed by atoms with Crippen LogP contribution in [0.25, 0.3) is 0 Å². The van der Waals surface area contributed by atoms with Crippen molar-refractivity contribution in [2.45, 2.75) is 24.7 Å². The number of aliphatic hydroxyl groups excluding tert-OH is 2. The molecule has 1 aromatic rings. The highest BCUT2D eigenvalue weighted by atomic mass is 19.3. The van der Waals surface area contributed by atoms with Crippen LogP contribution in [0, 0.1) is 0 Å². The molecular weight excluding hydrogens is 270 g/mol. The summed E-state index contributed by atoms with van der Waals surface area (Å²) in [6.07, 6.45) is -11.3. The van der Waals surface area contributed by atoms with E-state index in [1.807, 2.05) is 0 Å². The Hall–Kier alpha value is -1.38. The predicted molar refractivity (Wildman–Crippen MR) is 58.0 cm³/mol. The van der Waals surface area contributed by atoms with E-state index in [-0.39, 0.29) is 12.1 Å². The van der Waals surface area contributed by atoms with E-state index in [0.29, 0.717) is 0 Å². The number of hydrogen-bond acceptors (Lipinski definition) is 4. The number of benzene rings is 1. The normalized spacial score (nSPS) is 15.4. The fraction of sp³-hybridized carbons (Fsp3) is 0.455. The Labute approximate surface area is 106 Å². The van der Waals surface area contributed by atoms with Gasteiger partial charge in [-0.3, -0.25) is 0 Å². The molecule has 108 valence electrons. The highest BCUT2D eigenvalue weighted by Crippen LogP contribution is 2.29. The number of ether oxygens (including phenoxy) is 1. The third-order valence-corrected chi connectivity index (χ3v) is 2.31. The van der Waals surface area contributed by atoms with Gasteiger partial charge in [0.15, 0.2) is 0 Å². The standard InChI is InChI=1S/C11H13F4NO3/c12-10(13)11(14,15)19-7-3-1-2-6(4-7)9(18)8(17)5-16/h1-4,8-10,17-18H,5,16H2. The first-order chi connectivity index (χ1) is 8.77. The van der Waals surface area contributed by atoms with Crippen molar-refractivity contribution >= 4 is 0 Å². The molecule has 2 atom stereocenters. The zero-order valence-corrected chi connectivity index (χ0v) is 9.64. The highest BCUT2D eigenvalue weighted by Gasteiger charge is 2.44. The van der Waals surface area contributed by atoms with E-state index in [2.05, 4.69) is 4.74 Å². The molecule has 0 saturated heterocycles. The van der Waals surface area contributed by atoms with E-state index < -0.39 is 30.5 Å². The zero-order chi connectivity index (χ0) is 14.6. The van der Waals surface area contributed by atoms with E-state index in [1.54, 1.807) is 0 Å². The van der Waals surface area contributed by atoms with Crippen LogP contribution in [0.2, 0.25) is 0 Å². The lowest BCUT2D eigenvalue weighted by Gasteiger charge is -2.19. The van der Waals surface area contributed by atoms with Gasteiger partial charge in [-0.25, -0.2) is 0 Å². The van der Waals surface area contributed by atoms with Crippen molar-refractivity contribution in [3.8, 4) is 5.75 Å². The molecule has 0 saturated carbocycles. The molecule has 4 nitrogen and oxygen atoms in total. The summed E-state index contributed by atoms with van der Waals surface area (Å²) < 4.78 is 53.1. The number of hydrogen-bond donors (Lipinski definition) is 3. The van der Waals surface area contributed by atoms with Crippen LogP contribution < -0.4 is 10.5 Å². The minimum Gasteiger partial charge on any atom is -0.428 e. The fourth-order valence-electron chi connectivity index (χ4n) is 1.31. The van der Waals surface area contributed by atoms with E-state index in [0.717, 1.165) is 12.1 Å². The molecule has 0 amide bonds. The van der Waals surface area contributed by atoms with Crippen LogP contribution in [0.5, 0.6) is 5.75 Å². The van der Waals surface area contributed by atoms with Gasteiger partial charge in [0.25, 0.3) is 0 Å². The maximum atomic E-state index is 12.7. The van der Waals surface area contributed by atoms with E-state index >= 15 is 0 Å². The SMILES string of the molecule is NCC(O)C(O)c1cccc(OC(F)(F)C(F)F)c1. The first kappa shape index (κ1) is 15.7. The van der Waals surface area contributed by atoms with Gasteiger partial charge in [0, 0.05) is 6.54 Å². The second kappa shape index (κ2) is 6.18. The van der Waals surface area contributed by atoms with Gasteiger partial charge in [-0.05, 0) is 17.7 Å². The van der Waals surface area contributed by atoms with Crippen molar-refractivity contribution in [1.29, 1.82) is 0 Å². The molecule has 0 heterocycles. The van der Waals surface area contributed by atoms with Gasteiger partial charge in [-0.15, -0.1) is 0 Å². The minimum absolute atomic E-state index is 0.0283. The lowest BCUT2D eigenvalue weighted by atomic mass is 10.0. The molecule has 19 heavy (non-hydrogen) atoms. The van der Waals surface area contributed by atoms with Gasteiger partial charge in [0.05, 0.1) is 6.10 Å². The summed E-state index contributed by atoms with van der Waals surface area (Å²) in [5, 5.41) is 18.9. The van der Waals surface area contributed by atoms with Gasteiger partial charge in [-0.2, -0.15) is 17.6 Å². The summed E-state index contributed by atoms with van der Waals surface area (Å²) in [7, 11) is 0. The summed E-state index contributed by atoms with van der Waals surface area (Å²) >= 11 is 0. The third kappa shape index (κ3) is 4.05. The molecule has 0 aromatic heterocycles. The average Bonchev–Trinajstić information content (AvgIpc) is 2.36. The number of nitrogens with two attached hydrogens (primary N) is 1. The van der Waals surface area contributed by atoms with Gasteiger partial charge < -0.3 is 20.7 Å². The number of aliphatic hydroxyl groups is 2. The molecule has 0 bridgehead atoms. The predicted octanol–water partition coefficient (Wildman–Crippen LogP) is 1.28. The molecule has 0 fully saturated rings. The van der Waals surface area contributed by atoms with E-state index in [4.69, 9.17) is 5.73 Å². The first-order valence-electron chi connectivity index (χ1n) is 5.29. The molecular formula is C11H13F4NO3. The third-order valence-electron chi connectivity index (χ3n) is 2.31. The maximum absolute atomic E-state index is 12.7. The van der Waals surface area contributed by atoms with E-state index in [1.165, 1.54) is 12.1 Å². The van der Waals surface area contributed by atoms with Gasteiger partial charge >= 0.3 is 12.5 Å². The molecule has 0 spiro atoms. The zero-order valence-electron chi connectivity index (χ0n) is 9.64. The summed E-state index contributed by atoms with van der Waals surface area (Å²) in [6, 6.07) is 4.50. The summed E-state index contributed by atoms with van der Waals surface area (Å²) in [5.74, 6) is -0.550. The monoisotopic (exact) mass is 283 g/mol. The average molecular weight is 283 g/mol. The lowest BCUT2D eigenvalue weighted by molar-refractivity contribution is -0.253. The summed E-state index contributed by atoms with van der Waals surface area (Å²) in [5.41, 5.74) is 5.16. The van der Waals surface area contributed by atoms with Crippen LogP contribution in [0.3, 0.4) is 0 Å². The van der Waals surface area contributed by atoms with Crippen LogP contribution in [-0.2, 0) is 0 Å². The molecule has 1 aromatic carbocycles. The van der Waals surface area contributed by atoms with Gasteiger partial charge in [0.2, 0.25) is 0 Å². The Kier molecular flexibility index (Phi) is 5.10. The molecule has 0 aliphatic carbocycles. The second-order valence-electron chi connectivity index (χ2n) is 3.78. The smallest absolute Gasteiger partial charge is 0.428 e. The van der Waals surface area contributed by atoms with Crippen molar-refractivity contribution in [1.82, 2.24) is 0 Å². The van der Waals surface area contributed by atoms with Crippen LogP contribution in [0.4, 0.5) is 17.6 Å². The summed E-state index contributed by atoms with van der Waals surface area (Å²) in [6.45, 7) is -0.251. The number of rotatable bonds is 6. The molecule has 4 N–H and O–H groups in total. The quantitative estimate of drug-likeness (QED) is 0.687. The number of alkyl halides is 4. The van der Waals surface area contributed by atoms with Crippen LogP contribution in [0.1, 0.15) is 11.7 Å². The second-order valence-corrected chi connectivity index (χ2v) is 3.78. The van der Waals surface area contributed by atoms with E-state index in [9.17, 15) is 27.8 Å². The lowest BCUT2D eigenvalue weighted by Crippen LogP contribution is -2.33. The maximum Gasteiger partial charge on any atom is 0.461 e. The van der Waals surface area contributed by atoms with Crippen LogP contribution in [-0.4, -0.2) is 35.4 Å². The fourth-order valence-corrected chi connectivity index (χ4v) is 1.31. The Bertz CT molecular complexity index is 417. The number of halogens is 4. The highest BCUT2D eigenvalue weighted by molar-refractivity contribution is 5.30. The van der Waals surface area contributed by atoms with Crippen molar-refractivity contribution in [3.05, 3.63) is 29.8 Å². The Morgan fingerprint density at radius 3 is 2.42 bits per heavy atom. The Morgan fingerprint density at radius 2 is 1.89 bits per heavy atom. The molecule has 0 radical (unpaired) electrons. The van der Waals surface area contributed by atoms with Crippen molar-refractivity contribution in [2.75, 3.05) is 6.54 Å². The van der Waals surface area contributed by atoms with Crippen molar-refractivity contribution < 1.29 is 32.5 Å². The molecule has 2 unspecified atom stereocenters. The Morgan fingerprint density at radius 1 is 1.26 bits per heavy atom. The van der Waals surface area contributed by atoms with Crippen LogP contribution >= 0.6 is 0 Å². The van der Waals surface area contributed by atoms with Crippen molar-refractivity contribution in [2.24, 2.45) is 5.73 Å². The Balaban J connectivity index is 2.89. The molecule has 1 rings (SSSR count). The van der Waals surface area contributed by atoms with Gasteiger partial charge in [0.1, 0.15) is 11.9 Å². The van der Waals surface area contributed by atoms with Gasteiger partial charge in [-0.1, -0.05) is 12.1 Å². The largest absolute Gasteiger partial charge is 0.461 e.